The van der Waals surface area contributed by atoms with Crippen molar-refractivity contribution < 1.29 is 36.2 Å². The van der Waals surface area contributed by atoms with E-state index >= 15 is 0 Å². The standard InChI is InChI=1S/C18H28N2O3S.C2HF3O2/c1-14-6-15(2)8-17(7-14)10-20-12-18(13-20)5-4-16(11-23-18)9-19-24(3,21)22;3-2(4,5)1(6)7/h6-8,16,19H,4-5,9-13H2,1-3H3;(H,6,7). The van der Waals surface area contributed by atoms with Gasteiger partial charge in [-0.3, -0.25) is 4.90 Å². The van der Waals surface area contributed by atoms with Gasteiger partial charge in [-0.05, 0) is 38.2 Å². The normalized spacial score (nSPS) is 21.2. The third kappa shape index (κ3) is 8.40. The number of carbonyl (C=O) groups is 1. The first-order chi connectivity index (χ1) is 14.2. The molecule has 0 bridgehead atoms. The van der Waals surface area contributed by atoms with Crippen molar-refractivity contribution in [3.63, 3.8) is 0 Å². The lowest BCUT2D eigenvalue weighted by molar-refractivity contribution is -0.192. The van der Waals surface area contributed by atoms with E-state index in [0.29, 0.717) is 19.1 Å². The van der Waals surface area contributed by atoms with Gasteiger partial charge in [-0.25, -0.2) is 17.9 Å². The molecule has 2 aliphatic heterocycles. The maximum absolute atomic E-state index is 11.2. The van der Waals surface area contributed by atoms with E-state index in [1.54, 1.807) is 0 Å². The lowest BCUT2D eigenvalue weighted by Crippen LogP contribution is -2.64. The van der Waals surface area contributed by atoms with Gasteiger partial charge in [0.15, 0.2) is 0 Å². The zero-order valence-electron chi connectivity index (χ0n) is 17.8. The zero-order chi connectivity index (χ0) is 23.4. The number of benzene rings is 1. The molecule has 2 fully saturated rings. The van der Waals surface area contributed by atoms with Crippen molar-refractivity contribution in [3.05, 3.63) is 34.9 Å². The molecule has 2 aliphatic rings. The highest BCUT2D eigenvalue weighted by atomic mass is 32.2. The number of ether oxygens (including phenoxy) is 1. The minimum Gasteiger partial charge on any atom is -0.475 e. The predicted molar refractivity (Wildman–Crippen MR) is 109 cm³/mol. The van der Waals surface area contributed by atoms with Crippen molar-refractivity contribution in [1.29, 1.82) is 0 Å². The summed E-state index contributed by atoms with van der Waals surface area (Å²) in [6.07, 6.45) is -1.83. The summed E-state index contributed by atoms with van der Waals surface area (Å²) in [4.78, 5) is 11.3. The fraction of sp³-hybridized carbons (Fsp3) is 0.650. The largest absolute Gasteiger partial charge is 0.490 e. The molecule has 1 atom stereocenters. The minimum atomic E-state index is -5.08. The first kappa shape index (κ1) is 25.6. The molecule has 1 aromatic rings. The number of alkyl halides is 3. The van der Waals surface area contributed by atoms with Gasteiger partial charge in [0.2, 0.25) is 10.0 Å². The first-order valence-electron chi connectivity index (χ1n) is 9.86. The summed E-state index contributed by atoms with van der Waals surface area (Å²) in [6, 6.07) is 6.72. The fourth-order valence-corrected chi connectivity index (χ4v) is 4.43. The maximum atomic E-state index is 11.2. The Hall–Kier alpha value is -1.69. The monoisotopic (exact) mass is 466 g/mol. The summed E-state index contributed by atoms with van der Waals surface area (Å²) in [6.45, 7) is 8.36. The summed E-state index contributed by atoms with van der Waals surface area (Å²) in [5.41, 5.74) is 4.00. The van der Waals surface area contributed by atoms with Crippen LogP contribution in [0.2, 0.25) is 0 Å². The van der Waals surface area contributed by atoms with Gasteiger partial charge >= 0.3 is 12.1 Å². The number of halogens is 3. The fourth-order valence-electron chi connectivity index (χ4n) is 3.90. The van der Waals surface area contributed by atoms with Crippen LogP contribution in [0.4, 0.5) is 13.2 Å². The van der Waals surface area contributed by atoms with Crippen LogP contribution in [0.1, 0.15) is 29.5 Å². The molecule has 7 nitrogen and oxygen atoms in total. The van der Waals surface area contributed by atoms with E-state index in [1.807, 2.05) is 0 Å². The Morgan fingerprint density at radius 2 is 1.81 bits per heavy atom. The lowest BCUT2D eigenvalue weighted by atomic mass is 9.82. The topological polar surface area (TPSA) is 95.9 Å². The average Bonchev–Trinajstić information content (AvgIpc) is 2.58. The van der Waals surface area contributed by atoms with Gasteiger partial charge in [0.05, 0.1) is 18.5 Å². The zero-order valence-corrected chi connectivity index (χ0v) is 18.6. The van der Waals surface area contributed by atoms with Crippen LogP contribution in [-0.2, 0) is 26.1 Å². The first-order valence-corrected chi connectivity index (χ1v) is 11.7. The summed E-state index contributed by atoms with van der Waals surface area (Å²) < 4.78 is 62.8. The summed E-state index contributed by atoms with van der Waals surface area (Å²) in [7, 11) is -3.11. The number of carboxylic acid groups (broad SMARTS) is 1. The Balaban J connectivity index is 0.000000423. The van der Waals surface area contributed by atoms with Crippen LogP contribution >= 0.6 is 0 Å². The van der Waals surface area contributed by atoms with E-state index in [-0.39, 0.29) is 5.60 Å². The molecule has 2 N–H and O–H groups in total. The van der Waals surface area contributed by atoms with Gasteiger partial charge in [0, 0.05) is 26.2 Å². The second-order valence-electron chi connectivity index (χ2n) is 8.46. The number of aryl methyl sites for hydroxylation is 2. The molecule has 0 radical (unpaired) electrons. The van der Waals surface area contributed by atoms with Gasteiger partial charge in [0.25, 0.3) is 0 Å². The molecule has 0 saturated carbocycles. The number of hydrogen-bond donors (Lipinski definition) is 2. The van der Waals surface area contributed by atoms with Crippen LogP contribution in [0.5, 0.6) is 0 Å². The van der Waals surface area contributed by atoms with Gasteiger partial charge in [-0.2, -0.15) is 13.2 Å². The number of sulfonamides is 1. The van der Waals surface area contributed by atoms with E-state index in [9.17, 15) is 21.6 Å². The van der Waals surface area contributed by atoms with Crippen LogP contribution in [0.25, 0.3) is 0 Å². The molecule has 1 spiro atoms. The molecule has 2 heterocycles. The molecule has 1 aromatic carbocycles. The Kier molecular flexibility index (Phi) is 8.12. The van der Waals surface area contributed by atoms with Crippen molar-refractivity contribution in [2.75, 3.05) is 32.5 Å². The quantitative estimate of drug-likeness (QED) is 0.692. The highest BCUT2D eigenvalue weighted by Crippen LogP contribution is 2.36. The van der Waals surface area contributed by atoms with E-state index < -0.39 is 22.2 Å². The number of hydrogen-bond acceptors (Lipinski definition) is 5. The van der Waals surface area contributed by atoms with Gasteiger partial charge < -0.3 is 9.84 Å². The Bertz CT molecular complexity index is 853. The van der Waals surface area contributed by atoms with Crippen LogP contribution in [0.15, 0.2) is 18.2 Å². The highest BCUT2D eigenvalue weighted by Gasteiger charge is 2.46. The van der Waals surface area contributed by atoms with Crippen molar-refractivity contribution >= 4 is 16.0 Å². The summed E-state index contributed by atoms with van der Waals surface area (Å²) >= 11 is 0. The van der Waals surface area contributed by atoms with E-state index in [4.69, 9.17) is 14.6 Å². The van der Waals surface area contributed by atoms with E-state index in [2.05, 4.69) is 41.7 Å². The van der Waals surface area contributed by atoms with Crippen LogP contribution in [0.3, 0.4) is 0 Å². The lowest BCUT2D eigenvalue weighted by Gasteiger charge is -2.53. The smallest absolute Gasteiger partial charge is 0.475 e. The molecular weight excluding hydrogens is 437 g/mol. The van der Waals surface area contributed by atoms with Gasteiger partial charge in [-0.15, -0.1) is 0 Å². The van der Waals surface area contributed by atoms with Gasteiger partial charge in [0.1, 0.15) is 0 Å². The van der Waals surface area contributed by atoms with Crippen molar-refractivity contribution in [1.82, 2.24) is 9.62 Å². The number of aliphatic carboxylic acids is 1. The Labute approximate surface area is 180 Å². The number of rotatable bonds is 5. The molecule has 31 heavy (non-hydrogen) atoms. The third-order valence-electron chi connectivity index (χ3n) is 5.22. The number of carboxylic acids is 1. The molecule has 176 valence electrons. The molecule has 0 amide bonds. The number of nitrogens with zero attached hydrogens (tertiary/aromatic N) is 1. The van der Waals surface area contributed by atoms with Crippen LogP contribution in [-0.4, -0.2) is 68.7 Å². The summed E-state index contributed by atoms with van der Waals surface area (Å²) in [5, 5.41) is 7.12. The molecule has 11 heteroatoms. The molecular formula is C20H29F3N2O5S. The number of nitrogens with one attached hydrogen (secondary N) is 1. The highest BCUT2D eigenvalue weighted by molar-refractivity contribution is 7.88. The second-order valence-corrected chi connectivity index (χ2v) is 10.3. The molecule has 0 aromatic heterocycles. The van der Waals surface area contributed by atoms with Crippen LogP contribution < -0.4 is 4.72 Å². The second kappa shape index (κ2) is 9.85. The van der Waals surface area contributed by atoms with Crippen LogP contribution in [0, 0.1) is 19.8 Å². The summed E-state index contributed by atoms with van der Waals surface area (Å²) in [5.74, 6) is -2.47. The SMILES string of the molecule is Cc1cc(C)cc(CN2CC3(CCC(CNS(C)(=O)=O)CO3)C2)c1.O=C(O)C(F)(F)F. The van der Waals surface area contributed by atoms with E-state index in [0.717, 1.165) is 32.5 Å². The third-order valence-corrected chi connectivity index (χ3v) is 5.91. The average molecular weight is 467 g/mol. The molecule has 3 rings (SSSR count). The van der Waals surface area contributed by atoms with E-state index in [1.165, 1.54) is 22.9 Å². The van der Waals surface area contributed by atoms with Gasteiger partial charge in [-0.1, -0.05) is 29.3 Å². The minimum absolute atomic E-state index is 0.000456. The molecule has 2 saturated heterocycles. The van der Waals surface area contributed by atoms with Crippen molar-refractivity contribution in [2.45, 2.75) is 45.0 Å². The Morgan fingerprint density at radius 1 is 1.26 bits per heavy atom. The molecule has 1 unspecified atom stereocenters. The van der Waals surface area contributed by atoms with Crippen molar-refractivity contribution in [2.24, 2.45) is 5.92 Å². The van der Waals surface area contributed by atoms with Crippen molar-refractivity contribution in [3.8, 4) is 0 Å². The maximum Gasteiger partial charge on any atom is 0.490 e. The predicted octanol–water partition coefficient (Wildman–Crippen LogP) is 2.47. The molecule has 0 aliphatic carbocycles. The number of likely N-dealkylation sites (tertiary alicyclic amines) is 1. The Morgan fingerprint density at radius 3 is 2.23 bits per heavy atom.